The molecule has 0 atom stereocenters. The zero-order valence-electron chi connectivity index (χ0n) is 23.7. The van der Waals surface area contributed by atoms with Gasteiger partial charge in [-0.05, 0) is 48.5 Å². The minimum Gasteiger partial charge on any atom is -0.455 e. The van der Waals surface area contributed by atoms with E-state index < -0.39 is 0 Å². The lowest BCUT2D eigenvalue weighted by molar-refractivity contribution is 0.669. The third-order valence-electron chi connectivity index (χ3n) is 7.71. The molecule has 208 valence electrons. The first kappa shape index (κ1) is 25.6. The highest BCUT2D eigenvalue weighted by Gasteiger charge is 2.19. The summed E-state index contributed by atoms with van der Waals surface area (Å²) in [4.78, 5) is 17.0. The van der Waals surface area contributed by atoms with Gasteiger partial charge in [-0.1, -0.05) is 109 Å². The average Bonchev–Trinajstić information content (AvgIpc) is 3.48. The number of benzene rings is 6. The molecule has 2 aromatic heterocycles. The van der Waals surface area contributed by atoms with Gasteiger partial charge in [0.15, 0.2) is 17.5 Å². The first-order valence-corrected chi connectivity index (χ1v) is 14.5. The molecular weight excluding hydrogens is 540 g/mol. The van der Waals surface area contributed by atoms with Crippen molar-refractivity contribution in [2.24, 2.45) is 0 Å². The van der Waals surface area contributed by atoms with Crippen LogP contribution in [0.2, 0.25) is 0 Å². The fourth-order valence-corrected chi connectivity index (χ4v) is 5.63. The number of hydrogen-bond acceptors (Lipinski definition) is 5. The predicted octanol–water partition coefficient (Wildman–Crippen LogP) is 10.2. The first-order chi connectivity index (χ1) is 21.8. The maximum Gasteiger partial charge on any atom is 0.167 e. The number of nitrogens with zero attached hydrogens (tertiary/aromatic N) is 4. The molecule has 2 heterocycles. The van der Waals surface area contributed by atoms with E-state index in [0.717, 1.165) is 55.7 Å². The summed E-state index contributed by atoms with van der Waals surface area (Å²) >= 11 is 0. The van der Waals surface area contributed by atoms with Gasteiger partial charge in [-0.15, -0.1) is 0 Å². The van der Waals surface area contributed by atoms with Crippen molar-refractivity contribution >= 4 is 39.0 Å². The summed E-state index contributed by atoms with van der Waals surface area (Å²) in [5.74, 6) is 1.80. The lowest BCUT2D eigenvalue weighted by Gasteiger charge is -2.25. The van der Waals surface area contributed by atoms with Crippen molar-refractivity contribution in [3.63, 3.8) is 0 Å². The normalized spacial score (nSPS) is 11.2. The fourth-order valence-electron chi connectivity index (χ4n) is 5.63. The smallest absolute Gasteiger partial charge is 0.167 e. The quantitative estimate of drug-likeness (QED) is 0.200. The second-order valence-corrected chi connectivity index (χ2v) is 10.5. The second kappa shape index (κ2) is 11.0. The zero-order chi connectivity index (χ0) is 29.3. The van der Waals surface area contributed by atoms with Crippen molar-refractivity contribution in [3.8, 4) is 34.2 Å². The highest BCUT2D eigenvalue weighted by molar-refractivity contribution is 6.10. The largest absolute Gasteiger partial charge is 0.455 e. The standard InChI is InChI=1S/C39H26N4O/c1-5-14-27(15-6-1)37-40-38(28-16-7-2-8-17-28)42-39(41-37)33-23-13-22-32-34-26-31(24-25-35(34)44-36(32)33)43(29-18-9-3-10-19-29)30-20-11-4-12-21-30/h1-26H. The van der Waals surface area contributed by atoms with Gasteiger partial charge in [-0.3, -0.25) is 0 Å². The molecule has 8 rings (SSSR count). The van der Waals surface area contributed by atoms with Crippen molar-refractivity contribution in [2.75, 3.05) is 4.90 Å². The topological polar surface area (TPSA) is 55.1 Å². The van der Waals surface area contributed by atoms with Crippen molar-refractivity contribution < 1.29 is 4.42 Å². The SMILES string of the molecule is c1ccc(-c2nc(-c3ccccc3)nc(-c3cccc4c3oc3ccc(N(c5ccccc5)c5ccccc5)cc34)n2)cc1. The van der Waals surface area contributed by atoms with E-state index in [1.165, 1.54) is 0 Å². The number of aromatic nitrogens is 3. The number of anilines is 3. The van der Waals surface area contributed by atoms with E-state index >= 15 is 0 Å². The van der Waals surface area contributed by atoms with Gasteiger partial charge in [0.05, 0.1) is 5.56 Å². The molecule has 0 N–H and O–H groups in total. The summed E-state index contributed by atoms with van der Waals surface area (Å²) in [5.41, 5.74) is 7.43. The number of para-hydroxylation sites is 3. The lowest BCUT2D eigenvalue weighted by atomic mass is 10.1. The van der Waals surface area contributed by atoms with Crippen LogP contribution in [-0.4, -0.2) is 15.0 Å². The van der Waals surface area contributed by atoms with E-state index in [-0.39, 0.29) is 0 Å². The molecule has 0 aliphatic heterocycles. The summed E-state index contributed by atoms with van der Waals surface area (Å²) in [6, 6.07) is 53.3. The van der Waals surface area contributed by atoms with E-state index in [9.17, 15) is 0 Å². The van der Waals surface area contributed by atoms with Gasteiger partial charge < -0.3 is 9.32 Å². The van der Waals surface area contributed by atoms with Gasteiger partial charge in [-0.25, -0.2) is 15.0 Å². The minimum absolute atomic E-state index is 0.567. The van der Waals surface area contributed by atoms with Gasteiger partial charge in [-0.2, -0.15) is 0 Å². The lowest BCUT2D eigenvalue weighted by Crippen LogP contribution is -2.09. The van der Waals surface area contributed by atoms with Crippen LogP contribution >= 0.6 is 0 Å². The number of furan rings is 1. The molecule has 0 unspecified atom stereocenters. The molecule has 0 aliphatic carbocycles. The highest BCUT2D eigenvalue weighted by Crippen LogP contribution is 2.40. The van der Waals surface area contributed by atoms with Crippen LogP contribution < -0.4 is 4.90 Å². The fraction of sp³-hybridized carbons (Fsp3) is 0. The Bertz CT molecular complexity index is 2120. The van der Waals surface area contributed by atoms with Crippen LogP contribution in [-0.2, 0) is 0 Å². The third-order valence-corrected chi connectivity index (χ3v) is 7.71. The molecule has 0 saturated carbocycles. The molecule has 0 bridgehead atoms. The van der Waals surface area contributed by atoms with Crippen LogP contribution in [0.25, 0.3) is 56.1 Å². The third kappa shape index (κ3) is 4.67. The zero-order valence-corrected chi connectivity index (χ0v) is 23.7. The molecule has 44 heavy (non-hydrogen) atoms. The van der Waals surface area contributed by atoms with Crippen LogP contribution in [0, 0.1) is 0 Å². The Morgan fingerprint density at radius 2 is 0.932 bits per heavy atom. The van der Waals surface area contributed by atoms with Crippen molar-refractivity contribution in [1.29, 1.82) is 0 Å². The summed E-state index contributed by atoms with van der Waals surface area (Å²) in [6.45, 7) is 0. The van der Waals surface area contributed by atoms with E-state index in [0.29, 0.717) is 17.5 Å². The Kier molecular flexibility index (Phi) is 6.39. The molecule has 5 nitrogen and oxygen atoms in total. The molecule has 0 aliphatic rings. The summed E-state index contributed by atoms with van der Waals surface area (Å²) in [6.07, 6.45) is 0. The van der Waals surface area contributed by atoms with Crippen molar-refractivity contribution in [3.05, 3.63) is 158 Å². The number of hydrogen-bond donors (Lipinski definition) is 0. The molecule has 0 saturated heterocycles. The average molecular weight is 567 g/mol. The highest BCUT2D eigenvalue weighted by atomic mass is 16.3. The maximum absolute atomic E-state index is 6.56. The summed E-state index contributed by atoms with van der Waals surface area (Å²) < 4.78 is 6.56. The molecular formula is C39H26N4O. The first-order valence-electron chi connectivity index (χ1n) is 14.5. The van der Waals surface area contributed by atoms with Gasteiger partial charge in [0.2, 0.25) is 0 Å². The van der Waals surface area contributed by atoms with Gasteiger partial charge >= 0.3 is 0 Å². The van der Waals surface area contributed by atoms with Crippen LogP contribution in [0.3, 0.4) is 0 Å². The van der Waals surface area contributed by atoms with Crippen molar-refractivity contribution in [2.45, 2.75) is 0 Å². The van der Waals surface area contributed by atoms with E-state index in [1.54, 1.807) is 0 Å². The Labute approximate surface area is 254 Å². The predicted molar refractivity (Wildman–Crippen MR) is 178 cm³/mol. The van der Waals surface area contributed by atoms with Gasteiger partial charge in [0.25, 0.3) is 0 Å². The number of fused-ring (bicyclic) bond motifs is 3. The Morgan fingerprint density at radius 3 is 1.50 bits per heavy atom. The van der Waals surface area contributed by atoms with Crippen LogP contribution in [0.4, 0.5) is 17.1 Å². The Morgan fingerprint density at radius 1 is 0.409 bits per heavy atom. The van der Waals surface area contributed by atoms with E-state index in [1.807, 2.05) is 91.0 Å². The Hall–Kier alpha value is -6.07. The maximum atomic E-state index is 6.56. The molecule has 6 aromatic carbocycles. The van der Waals surface area contributed by atoms with E-state index in [2.05, 4.69) is 71.6 Å². The van der Waals surface area contributed by atoms with Gasteiger partial charge in [0.1, 0.15) is 11.2 Å². The van der Waals surface area contributed by atoms with Crippen LogP contribution in [0.15, 0.2) is 162 Å². The molecule has 5 heteroatoms. The number of rotatable bonds is 6. The van der Waals surface area contributed by atoms with Crippen LogP contribution in [0.1, 0.15) is 0 Å². The van der Waals surface area contributed by atoms with E-state index in [4.69, 9.17) is 19.4 Å². The molecule has 0 radical (unpaired) electrons. The molecule has 0 fully saturated rings. The summed E-state index contributed by atoms with van der Waals surface area (Å²) in [5, 5.41) is 2.03. The molecule has 0 spiro atoms. The second-order valence-electron chi connectivity index (χ2n) is 10.5. The summed E-state index contributed by atoms with van der Waals surface area (Å²) in [7, 11) is 0. The Balaban J connectivity index is 1.31. The van der Waals surface area contributed by atoms with Crippen molar-refractivity contribution in [1.82, 2.24) is 15.0 Å². The molecule has 0 amide bonds. The monoisotopic (exact) mass is 566 g/mol. The minimum atomic E-state index is 0.567. The van der Waals surface area contributed by atoms with Crippen LogP contribution in [0.5, 0.6) is 0 Å². The van der Waals surface area contributed by atoms with Gasteiger partial charge in [0, 0.05) is 39.0 Å². The molecule has 8 aromatic rings.